The van der Waals surface area contributed by atoms with Crippen LogP contribution in [0.25, 0.3) is 0 Å². The molecule has 0 saturated carbocycles. The highest BCUT2D eigenvalue weighted by Crippen LogP contribution is 2.39. The molecule has 0 spiro atoms. The first-order valence-electron chi connectivity index (χ1n) is 7.12. The van der Waals surface area contributed by atoms with Crippen LogP contribution in [0.1, 0.15) is 24.5 Å². The fraction of sp³-hybridized carbons (Fsp3) is 0.467. The summed E-state index contributed by atoms with van der Waals surface area (Å²) >= 11 is 6.21. The predicted molar refractivity (Wildman–Crippen MR) is 82.9 cm³/mol. The van der Waals surface area contributed by atoms with Gasteiger partial charge in [-0.15, -0.1) is 0 Å². The number of fused-ring (bicyclic) bond motifs is 1. The highest BCUT2D eigenvalue weighted by atomic mass is 35.5. The van der Waals surface area contributed by atoms with Gasteiger partial charge >= 0.3 is 6.03 Å². The Morgan fingerprint density at radius 2 is 2.18 bits per heavy atom. The van der Waals surface area contributed by atoms with E-state index in [-0.39, 0.29) is 24.2 Å². The van der Waals surface area contributed by atoms with Crippen LogP contribution in [0.15, 0.2) is 17.3 Å². The average Bonchev–Trinajstić information content (AvgIpc) is 3.04. The molecule has 0 aliphatic carbocycles. The minimum Gasteiger partial charge on any atom is -0.317 e. The number of amides is 2. The normalized spacial score (nSPS) is 27.0. The van der Waals surface area contributed by atoms with Crippen molar-refractivity contribution in [3.63, 3.8) is 0 Å². The zero-order valence-corrected chi connectivity index (χ0v) is 13.0. The predicted octanol–water partition coefficient (Wildman–Crippen LogP) is 3.06. The molecule has 0 N–H and O–H groups in total. The first-order valence-corrected chi connectivity index (χ1v) is 7.50. The van der Waals surface area contributed by atoms with Crippen LogP contribution < -0.4 is 4.90 Å². The van der Waals surface area contributed by atoms with E-state index in [1.54, 1.807) is 28.9 Å². The van der Waals surface area contributed by atoms with Crippen LogP contribution in [0.5, 0.6) is 0 Å². The van der Waals surface area contributed by atoms with Crippen molar-refractivity contribution < 1.29 is 4.79 Å². The van der Waals surface area contributed by atoms with Gasteiger partial charge in [-0.3, -0.25) is 4.90 Å². The maximum atomic E-state index is 12.7. The topological polar surface area (TPSA) is 76.8 Å². The minimum absolute atomic E-state index is 0.132. The molecular weight excluding hydrogens is 304 g/mol. The zero-order chi connectivity index (χ0) is 16.0. The molecule has 2 heterocycles. The van der Waals surface area contributed by atoms with E-state index in [1.807, 2.05) is 13.0 Å². The van der Waals surface area contributed by atoms with Crippen LogP contribution >= 0.6 is 11.6 Å². The summed E-state index contributed by atoms with van der Waals surface area (Å²) < 4.78 is 0. The molecule has 3 rings (SSSR count). The summed E-state index contributed by atoms with van der Waals surface area (Å²) in [5, 5.41) is 12.6. The van der Waals surface area contributed by atoms with Crippen molar-refractivity contribution in [3.05, 3.63) is 33.2 Å². The summed E-state index contributed by atoms with van der Waals surface area (Å²) in [6.45, 7) is 4.25. The van der Waals surface area contributed by atoms with Crippen molar-refractivity contribution in [2.24, 2.45) is 5.18 Å². The van der Waals surface area contributed by atoms with E-state index in [9.17, 15) is 9.70 Å². The molecule has 1 aromatic carbocycles. The molecule has 2 aliphatic rings. The Morgan fingerprint density at radius 1 is 1.45 bits per heavy atom. The molecule has 1 aromatic rings. The Kier molecular flexibility index (Phi) is 3.53. The number of halogens is 1. The Morgan fingerprint density at radius 3 is 2.82 bits per heavy atom. The standard InChI is InChI=1S/C15H15ClN4O2/c1-8-12(4-3-10(7-17)13(8)16)20-9(2)14-11(18-22)5-6-19(14)15(20)21/h3-4,9,11,14H,5-6H2,1-2H3/t9-,11?,14+/m1/s1. The van der Waals surface area contributed by atoms with E-state index >= 15 is 0 Å². The van der Waals surface area contributed by atoms with Gasteiger partial charge < -0.3 is 4.90 Å². The van der Waals surface area contributed by atoms with E-state index in [2.05, 4.69) is 5.18 Å². The number of nitroso groups, excluding NO2 is 1. The largest absolute Gasteiger partial charge is 0.325 e. The monoisotopic (exact) mass is 318 g/mol. The summed E-state index contributed by atoms with van der Waals surface area (Å²) in [5.74, 6) is 0. The first-order chi connectivity index (χ1) is 10.5. The smallest absolute Gasteiger partial charge is 0.317 e. The number of carbonyl (C=O) groups excluding carboxylic acids is 1. The lowest BCUT2D eigenvalue weighted by molar-refractivity contribution is 0.217. The lowest BCUT2D eigenvalue weighted by Crippen LogP contribution is -2.38. The van der Waals surface area contributed by atoms with Gasteiger partial charge in [0.2, 0.25) is 0 Å². The molecule has 2 saturated heterocycles. The summed E-state index contributed by atoms with van der Waals surface area (Å²) in [6, 6.07) is 4.52. The molecule has 2 amide bonds. The van der Waals surface area contributed by atoms with Gasteiger partial charge in [-0.05, 0) is 38.0 Å². The molecule has 0 aromatic heterocycles. The summed E-state index contributed by atoms with van der Waals surface area (Å²) in [6.07, 6.45) is 0.616. The SMILES string of the molecule is Cc1c(N2C(=O)N3CCC(N=O)[C@@H]3[C@H]2C)ccc(C#N)c1Cl. The van der Waals surface area contributed by atoms with Crippen molar-refractivity contribution >= 4 is 23.3 Å². The number of carbonyl (C=O) groups is 1. The van der Waals surface area contributed by atoms with Crippen LogP contribution in [0.2, 0.25) is 5.02 Å². The third-order valence-electron chi connectivity index (χ3n) is 4.65. The highest BCUT2D eigenvalue weighted by Gasteiger charge is 2.52. The summed E-state index contributed by atoms with van der Waals surface area (Å²) in [5.41, 5.74) is 1.76. The molecule has 1 unspecified atom stereocenters. The molecule has 0 bridgehead atoms. The lowest BCUT2D eigenvalue weighted by atomic mass is 10.0. The molecule has 2 fully saturated rings. The Bertz CT molecular complexity index is 700. The number of hydrogen-bond acceptors (Lipinski definition) is 4. The maximum Gasteiger partial charge on any atom is 0.325 e. The lowest BCUT2D eigenvalue weighted by Gasteiger charge is -2.25. The second kappa shape index (κ2) is 5.25. The van der Waals surface area contributed by atoms with Gasteiger partial charge in [0, 0.05) is 6.54 Å². The zero-order valence-electron chi connectivity index (χ0n) is 12.3. The van der Waals surface area contributed by atoms with Gasteiger partial charge in [-0.2, -0.15) is 10.2 Å². The van der Waals surface area contributed by atoms with Crippen molar-refractivity contribution in [2.75, 3.05) is 11.4 Å². The molecule has 7 heteroatoms. The van der Waals surface area contributed by atoms with Crippen LogP contribution in [0.3, 0.4) is 0 Å². The third kappa shape index (κ3) is 1.89. The molecule has 114 valence electrons. The quantitative estimate of drug-likeness (QED) is 0.786. The first kappa shape index (κ1) is 14.8. The third-order valence-corrected chi connectivity index (χ3v) is 5.13. The van der Waals surface area contributed by atoms with Crippen LogP contribution in [-0.4, -0.2) is 35.6 Å². The van der Waals surface area contributed by atoms with Crippen LogP contribution in [0.4, 0.5) is 10.5 Å². The number of nitrogens with zero attached hydrogens (tertiary/aromatic N) is 4. The Labute approximate surface area is 133 Å². The molecule has 6 nitrogen and oxygen atoms in total. The number of anilines is 1. The van der Waals surface area contributed by atoms with Crippen molar-refractivity contribution in [1.29, 1.82) is 5.26 Å². The number of hydrogen-bond donors (Lipinski definition) is 0. The van der Waals surface area contributed by atoms with E-state index < -0.39 is 0 Å². The fourth-order valence-corrected chi connectivity index (χ4v) is 3.73. The molecular formula is C15H15ClN4O2. The van der Waals surface area contributed by atoms with Crippen molar-refractivity contribution in [1.82, 2.24) is 4.90 Å². The van der Waals surface area contributed by atoms with E-state index in [1.165, 1.54) is 0 Å². The number of urea groups is 1. The fourth-order valence-electron chi connectivity index (χ4n) is 3.53. The Hall–Kier alpha value is -2.13. The second-order valence-corrected chi connectivity index (χ2v) is 6.10. The molecule has 2 aliphatic heterocycles. The van der Waals surface area contributed by atoms with Gasteiger partial charge in [0.05, 0.1) is 28.4 Å². The van der Waals surface area contributed by atoms with E-state index in [4.69, 9.17) is 16.9 Å². The second-order valence-electron chi connectivity index (χ2n) is 5.72. The molecule has 3 atom stereocenters. The summed E-state index contributed by atoms with van der Waals surface area (Å²) in [7, 11) is 0. The van der Waals surface area contributed by atoms with Gasteiger partial charge in [-0.1, -0.05) is 16.8 Å². The average molecular weight is 319 g/mol. The minimum atomic E-state index is -0.363. The van der Waals surface area contributed by atoms with Gasteiger partial charge in [0.25, 0.3) is 0 Å². The van der Waals surface area contributed by atoms with E-state index in [0.717, 1.165) is 0 Å². The Balaban J connectivity index is 2.04. The molecule has 0 radical (unpaired) electrons. The number of nitriles is 1. The van der Waals surface area contributed by atoms with Gasteiger partial charge in [0.1, 0.15) is 12.1 Å². The van der Waals surface area contributed by atoms with Crippen molar-refractivity contribution in [2.45, 2.75) is 38.4 Å². The van der Waals surface area contributed by atoms with Crippen LogP contribution in [-0.2, 0) is 0 Å². The van der Waals surface area contributed by atoms with E-state index in [0.29, 0.717) is 34.8 Å². The van der Waals surface area contributed by atoms with Gasteiger partial charge in [0.15, 0.2) is 0 Å². The van der Waals surface area contributed by atoms with Crippen LogP contribution in [0, 0.1) is 23.2 Å². The maximum absolute atomic E-state index is 12.7. The van der Waals surface area contributed by atoms with Gasteiger partial charge in [-0.25, -0.2) is 4.79 Å². The number of benzene rings is 1. The summed E-state index contributed by atoms with van der Waals surface area (Å²) in [4.78, 5) is 27.0. The highest BCUT2D eigenvalue weighted by molar-refractivity contribution is 6.33. The number of rotatable bonds is 2. The molecule has 22 heavy (non-hydrogen) atoms. The van der Waals surface area contributed by atoms with Crippen molar-refractivity contribution in [3.8, 4) is 6.07 Å².